The number of nitrogens with zero attached hydrogens (tertiary/aromatic N) is 2. The predicted octanol–water partition coefficient (Wildman–Crippen LogP) is 7.07. The number of anilines is 1. The Morgan fingerprint density at radius 2 is 1.51 bits per heavy atom. The molecule has 49 heavy (non-hydrogen) atoms. The highest BCUT2D eigenvalue weighted by molar-refractivity contribution is 7.92. The highest BCUT2D eigenvalue weighted by atomic mass is 35.5. The Morgan fingerprint density at radius 1 is 0.857 bits per heavy atom. The third-order valence-electron chi connectivity index (χ3n) is 8.03. The minimum absolute atomic E-state index is 0.0143. The molecule has 0 aliphatic heterocycles. The van der Waals surface area contributed by atoms with Crippen LogP contribution in [-0.2, 0) is 32.6 Å². The van der Waals surface area contributed by atoms with Crippen molar-refractivity contribution in [3.63, 3.8) is 0 Å². The molecule has 260 valence electrons. The summed E-state index contributed by atoms with van der Waals surface area (Å²) in [5.74, 6) is -0.374. The van der Waals surface area contributed by atoms with Gasteiger partial charge in [0, 0.05) is 41.2 Å². The van der Waals surface area contributed by atoms with Gasteiger partial charge in [0.1, 0.15) is 12.6 Å². The van der Waals surface area contributed by atoms with Crippen LogP contribution in [0.15, 0.2) is 95.9 Å². The van der Waals surface area contributed by atoms with Gasteiger partial charge in [-0.05, 0) is 55.3 Å². The Labute approximate surface area is 298 Å². The van der Waals surface area contributed by atoms with Crippen molar-refractivity contribution in [3.8, 4) is 11.5 Å². The SMILES string of the molecule is CCCCNC(=O)[C@@H](Cc1ccccc1)N(Cc1c(Cl)cccc1Cl)C(=O)CN(c1ccc(OC)c(OC)c1)S(=O)(=O)c1ccc(C)cc1. The lowest BCUT2D eigenvalue weighted by Gasteiger charge is -2.34. The molecule has 4 aromatic rings. The van der Waals surface area contributed by atoms with Crippen molar-refractivity contribution >= 4 is 50.7 Å². The van der Waals surface area contributed by atoms with E-state index in [0.29, 0.717) is 27.9 Å². The number of hydrogen-bond donors (Lipinski definition) is 1. The van der Waals surface area contributed by atoms with Crippen LogP contribution in [0.3, 0.4) is 0 Å². The van der Waals surface area contributed by atoms with Crippen molar-refractivity contribution in [2.45, 2.75) is 50.6 Å². The summed E-state index contributed by atoms with van der Waals surface area (Å²) in [6.45, 7) is 3.47. The van der Waals surface area contributed by atoms with Gasteiger partial charge >= 0.3 is 0 Å². The minimum atomic E-state index is -4.32. The van der Waals surface area contributed by atoms with E-state index < -0.39 is 28.5 Å². The predicted molar refractivity (Wildman–Crippen MR) is 194 cm³/mol. The lowest BCUT2D eigenvalue weighted by molar-refractivity contribution is -0.140. The van der Waals surface area contributed by atoms with Crippen LogP contribution in [0.4, 0.5) is 5.69 Å². The standard InChI is InChI=1S/C37H41Cl2N3O6S/c1-5-6-21-40-37(44)33(22-27-11-8-7-9-12-27)41(24-30-31(38)13-10-14-32(30)39)36(43)25-42(28-17-20-34(47-3)35(23-28)48-4)49(45,46)29-18-15-26(2)16-19-29/h7-20,23,33H,5-6,21-22,24-25H2,1-4H3,(H,40,44)/t33-/m1/s1. The number of ether oxygens (including phenoxy) is 2. The van der Waals surface area contributed by atoms with Crippen molar-refractivity contribution in [3.05, 3.63) is 118 Å². The second-order valence-electron chi connectivity index (χ2n) is 11.4. The van der Waals surface area contributed by atoms with Crippen LogP contribution in [0.2, 0.25) is 10.0 Å². The Bertz CT molecular complexity index is 1820. The fourth-order valence-electron chi connectivity index (χ4n) is 5.26. The van der Waals surface area contributed by atoms with E-state index in [-0.39, 0.29) is 35.2 Å². The quantitative estimate of drug-likeness (QED) is 0.124. The van der Waals surface area contributed by atoms with E-state index in [1.165, 1.54) is 43.4 Å². The molecule has 9 nitrogen and oxygen atoms in total. The summed E-state index contributed by atoms with van der Waals surface area (Å²) in [4.78, 5) is 30.0. The zero-order chi connectivity index (χ0) is 35.6. The number of nitrogens with one attached hydrogen (secondary N) is 1. The van der Waals surface area contributed by atoms with Crippen LogP contribution in [0, 0.1) is 6.92 Å². The number of benzene rings is 4. The van der Waals surface area contributed by atoms with Gasteiger partial charge in [0.05, 0.1) is 24.8 Å². The van der Waals surface area contributed by atoms with E-state index >= 15 is 0 Å². The van der Waals surface area contributed by atoms with Gasteiger partial charge in [-0.1, -0.05) is 90.6 Å². The summed E-state index contributed by atoms with van der Waals surface area (Å²) >= 11 is 13.2. The number of rotatable bonds is 16. The molecule has 0 fully saturated rings. The van der Waals surface area contributed by atoms with Crippen molar-refractivity contribution in [1.82, 2.24) is 10.2 Å². The molecule has 4 rings (SSSR count). The number of amides is 2. The minimum Gasteiger partial charge on any atom is -0.493 e. The Balaban J connectivity index is 1.86. The maximum Gasteiger partial charge on any atom is 0.264 e. The molecule has 4 aromatic carbocycles. The maximum atomic E-state index is 14.7. The van der Waals surface area contributed by atoms with Gasteiger partial charge in [-0.3, -0.25) is 13.9 Å². The Morgan fingerprint density at radius 3 is 2.12 bits per heavy atom. The van der Waals surface area contributed by atoms with E-state index in [1.54, 1.807) is 36.4 Å². The first kappa shape index (κ1) is 37.6. The van der Waals surface area contributed by atoms with Gasteiger partial charge in [-0.2, -0.15) is 0 Å². The third-order valence-corrected chi connectivity index (χ3v) is 10.5. The number of sulfonamides is 1. The second kappa shape index (κ2) is 17.4. The summed E-state index contributed by atoms with van der Waals surface area (Å²) in [6.07, 6.45) is 1.77. The van der Waals surface area contributed by atoms with Gasteiger partial charge in [-0.15, -0.1) is 0 Å². The molecule has 0 aromatic heterocycles. The largest absolute Gasteiger partial charge is 0.493 e. The van der Waals surface area contributed by atoms with E-state index in [1.807, 2.05) is 44.2 Å². The molecular weight excluding hydrogens is 685 g/mol. The highest BCUT2D eigenvalue weighted by Crippen LogP contribution is 2.34. The van der Waals surface area contributed by atoms with E-state index in [9.17, 15) is 18.0 Å². The second-order valence-corrected chi connectivity index (χ2v) is 14.1. The molecule has 0 bridgehead atoms. The zero-order valence-electron chi connectivity index (χ0n) is 28.0. The number of methoxy groups -OCH3 is 2. The molecular formula is C37H41Cl2N3O6S. The van der Waals surface area contributed by atoms with Crippen LogP contribution in [0.5, 0.6) is 11.5 Å². The van der Waals surface area contributed by atoms with Crippen LogP contribution in [0.25, 0.3) is 0 Å². The van der Waals surface area contributed by atoms with Gasteiger partial charge in [-0.25, -0.2) is 8.42 Å². The fourth-order valence-corrected chi connectivity index (χ4v) is 7.18. The van der Waals surface area contributed by atoms with Crippen LogP contribution in [-0.4, -0.2) is 58.5 Å². The lowest BCUT2D eigenvalue weighted by Crippen LogP contribution is -2.53. The van der Waals surface area contributed by atoms with Crippen molar-refractivity contribution < 1.29 is 27.5 Å². The summed E-state index contributed by atoms with van der Waals surface area (Å²) in [6, 6.07) is 24.2. The van der Waals surface area contributed by atoms with Gasteiger partial charge in [0.25, 0.3) is 10.0 Å². The van der Waals surface area contributed by atoms with E-state index in [0.717, 1.165) is 28.3 Å². The van der Waals surface area contributed by atoms with Crippen molar-refractivity contribution in [1.29, 1.82) is 0 Å². The Hall–Kier alpha value is -4.25. The summed E-state index contributed by atoms with van der Waals surface area (Å²) in [5, 5.41) is 3.58. The fraction of sp³-hybridized carbons (Fsp3) is 0.297. The van der Waals surface area contributed by atoms with Gasteiger partial charge < -0.3 is 19.7 Å². The molecule has 0 aliphatic carbocycles. The van der Waals surface area contributed by atoms with Crippen LogP contribution < -0.4 is 19.1 Å². The molecule has 0 heterocycles. The first-order chi connectivity index (χ1) is 23.5. The average molecular weight is 727 g/mol. The Kier molecular flexibility index (Phi) is 13.4. The zero-order valence-corrected chi connectivity index (χ0v) is 30.3. The molecule has 0 saturated heterocycles. The highest BCUT2D eigenvalue weighted by Gasteiger charge is 2.35. The third kappa shape index (κ3) is 9.47. The lowest BCUT2D eigenvalue weighted by atomic mass is 10.0. The molecule has 0 aliphatic rings. The molecule has 1 atom stereocenters. The first-order valence-corrected chi connectivity index (χ1v) is 18.0. The van der Waals surface area contributed by atoms with Crippen molar-refractivity contribution in [2.24, 2.45) is 0 Å². The number of carbonyl (C=O) groups excluding carboxylic acids is 2. The molecule has 0 unspecified atom stereocenters. The molecule has 0 spiro atoms. The molecule has 12 heteroatoms. The van der Waals surface area contributed by atoms with Gasteiger partial charge in [0.15, 0.2) is 11.5 Å². The van der Waals surface area contributed by atoms with Gasteiger partial charge in [0.2, 0.25) is 11.8 Å². The topological polar surface area (TPSA) is 105 Å². The summed E-state index contributed by atoms with van der Waals surface area (Å²) < 4.78 is 40.6. The summed E-state index contributed by atoms with van der Waals surface area (Å²) in [7, 11) is -1.41. The first-order valence-electron chi connectivity index (χ1n) is 15.9. The molecule has 1 N–H and O–H groups in total. The summed E-state index contributed by atoms with van der Waals surface area (Å²) in [5.41, 5.74) is 2.27. The maximum absolute atomic E-state index is 14.7. The number of hydrogen-bond acceptors (Lipinski definition) is 6. The average Bonchev–Trinajstić information content (AvgIpc) is 3.10. The smallest absolute Gasteiger partial charge is 0.264 e. The van der Waals surface area contributed by atoms with Crippen LogP contribution >= 0.6 is 23.2 Å². The number of halogens is 2. The molecule has 0 saturated carbocycles. The monoisotopic (exact) mass is 725 g/mol. The molecule has 2 amide bonds. The number of aryl methyl sites for hydroxylation is 1. The normalized spacial score (nSPS) is 11.8. The van der Waals surface area contributed by atoms with E-state index in [2.05, 4.69) is 5.32 Å². The number of carbonyl (C=O) groups is 2. The van der Waals surface area contributed by atoms with Crippen LogP contribution in [0.1, 0.15) is 36.5 Å². The number of unbranched alkanes of at least 4 members (excludes halogenated alkanes) is 1. The van der Waals surface area contributed by atoms with Crippen molar-refractivity contribution in [2.75, 3.05) is 31.6 Å². The van der Waals surface area contributed by atoms with E-state index in [4.69, 9.17) is 32.7 Å². The molecule has 0 radical (unpaired) electrons.